The number of hydrogen-bond acceptors (Lipinski definition) is 5. The second kappa shape index (κ2) is 3.92. The lowest BCUT2D eigenvalue weighted by molar-refractivity contribution is 0.891. The quantitative estimate of drug-likeness (QED) is 0.752. The molecule has 5 heteroatoms. The molecule has 0 aliphatic carbocycles. The summed E-state index contributed by atoms with van der Waals surface area (Å²) >= 11 is 1.63. The molecule has 0 amide bonds. The Morgan fingerprint density at radius 3 is 2.94 bits per heavy atom. The van der Waals surface area contributed by atoms with E-state index in [2.05, 4.69) is 34.1 Å². The van der Waals surface area contributed by atoms with Gasteiger partial charge in [0.25, 0.3) is 0 Å². The fourth-order valence-electron chi connectivity index (χ4n) is 1.79. The lowest BCUT2D eigenvalue weighted by atomic mass is 10.3. The van der Waals surface area contributed by atoms with Gasteiger partial charge in [-0.25, -0.2) is 15.0 Å². The first-order chi connectivity index (χ1) is 8.25. The molecule has 0 radical (unpaired) electrons. The molecule has 3 aromatic rings. The van der Waals surface area contributed by atoms with Gasteiger partial charge in [0, 0.05) is 17.6 Å². The molecular formula is C12H12N4S. The second-order valence-corrected chi connectivity index (χ2v) is 5.16. The van der Waals surface area contributed by atoms with E-state index in [0.717, 1.165) is 26.3 Å². The molecule has 0 saturated heterocycles. The van der Waals surface area contributed by atoms with Gasteiger partial charge in [-0.05, 0) is 26.0 Å². The summed E-state index contributed by atoms with van der Waals surface area (Å²) in [5.74, 6) is 0.896. The van der Waals surface area contributed by atoms with Crippen LogP contribution in [-0.4, -0.2) is 21.0 Å². The largest absolute Gasteiger partial charge is 0.367 e. The van der Waals surface area contributed by atoms with Crippen LogP contribution in [0.15, 0.2) is 24.7 Å². The zero-order valence-electron chi connectivity index (χ0n) is 9.64. The van der Waals surface area contributed by atoms with Crippen LogP contribution < -0.4 is 5.32 Å². The molecule has 17 heavy (non-hydrogen) atoms. The summed E-state index contributed by atoms with van der Waals surface area (Å²) in [5.41, 5.74) is 0.983. The van der Waals surface area contributed by atoms with Crippen LogP contribution >= 0.6 is 11.3 Å². The molecule has 0 aromatic carbocycles. The SMILES string of the molecule is CC(C)Nc1ncnc2c1sc1ncccc12. The van der Waals surface area contributed by atoms with E-state index in [0.29, 0.717) is 6.04 Å². The van der Waals surface area contributed by atoms with Crippen molar-refractivity contribution in [2.24, 2.45) is 0 Å². The Balaban J connectivity index is 2.31. The maximum absolute atomic E-state index is 4.36. The number of aromatic nitrogens is 3. The predicted molar refractivity (Wildman–Crippen MR) is 71.5 cm³/mol. The molecule has 0 bridgehead atoms. The summed E-state index contributed by atoms with van der Waals surface area (Å²) in [7, 11) is 0. The summed E-state index contributed by atoms with van der Waals surface area (Å²) in [4.78, 5) is 14.0. The van der Waals surface area contributed by atoms with Crippen molar-refractivity contribution in [3.8, 4) is 0 Å². The molecular weight excluding hydrogens is 232 g/mol. The third kappa shape index (κ3) is 1.72. The van der Waals surface area contributed by atoms with Crippen LogP contribution in [0.3, 0.4) is 0 Å². The van der Waals surface area contributed by atoms with Crippen LogP contribution in [0.5, 0.6) is 0 Å². The van der Waals surface area contributed by atoms with Crippen molar-refractivity contribution in [2.45, 2.75) is 19.9 Å². The monoisotopic (exact) mass is 244 g/mol. The first-order valence-electron chi connectivity index (χ1n) is 5.50. The van der Waals surface area contributed by atoms with Crippen LogP contribution in [0.25, 0.3) is 20.4 Å². The Labute approximate surface area is 103 Å². The van der Waals surface area contributed by atoms with Crippen molar-refractivity contribution in [2.75, 3.05) is 5.32 Å². The molecule has 4 nitrogen and oxygen atoms in total. The van der Waals surface area contributed by atoms with Gasteiger partial charge in [-0.2, -0.15) is 0 Å². The van der Waals surface area contributed by atoms with Crippen molar-refractivity contribution in [3.05, 3.63) is 24.7 Å². The molecule has 1 N–H and O–H groups in total. The summed E-state index contributed by atoms with van der Waals surface area (Å²) in [6, 6.07) is 4.34. The Hall–Kier alpha value is -1.75. The van der Waals surface area contributed by atoms with Crippen molar-refractivity contribution in [1.82, 2.24) is 15.0 Å². The number of pyridine rings is 1. The average Bonchev–Trinajstić information content (AvgIpc) is 2.68. The van der Waals surface area contributed by atoms with E-state index >= 15 is 0 Å². The van der Waals surface area contributed by atoms with Crippen LogP contribution in [-0.2, 0) is 0 Å². The minimum absolute atomic E-state index is 0.353. The molecule has 3 heterocycles. The first kappa shape index (κ1) is 10.4. The number of nitrogens with one attached hydrogen (secondary N) is 1. The zero-order valence-corrected chi connectivity index (χ0v) is 10.5. The highest BCUT2D eigenvalue weighted by Crippen LogP contribution is 2.34. The highest BCUT2D eigenvalue weighted by atomic mass is 32.1. The zero-order chi connectivity index (χ0) is 11.8. The molecule has 0 atom stereocenters. The predicted octanol–water partition coefficient (Wildman–Crippen LogP) is 3.06. The van der Waals surface area contributed by atoms with Gasteiger partial charge in [0.2, 0.25) is 0 Å². The maximum atomic E-state index is 4.36. The van der Waals surface area contributed by atoms with E-state index < -0.39 is 0 Å². The molecule has 0 aliphatic heterocycles. The lowest BCUT2D eigenvalue weighted by Gasteiger charge is -2.08. The average molecular weight is 244 g/mol. The molecule has 0 saturated carbocycles. The molecule has 0 spiro atoms. The van der Waals surface area contributed by atoms with Gasteiger partial charge in [0.05, 0.1) is 10.2 Å². The van der Waals surface area contributed by atoms with Gasteiger partial charge in [-0.15, -0.1) is 11.3 Å². The number of nitrogens with zero attached hydrogens (tertiary/aromatic N) is 3. The van der Waals surface area contributed by atoms with E-state index in [1.807, 2.05) is 12.1 Å². The molecule has 0 unspecified atom stereocenters. The third-order valence-electron chi connectivity index (χ3n) is 2.45. The van der Waals surface area contributed by atoms with E-state index in [1.54, 1.807) is 23.9 Å². The lowest BCUT2D eigenvalue weighted by Crippen LogP contribution is -2.10. The van der Waals surface area contributed by atoms with E-state index in [9.17, 15) is 0 Å². The number of fused-ring (bicyclic) bond motifs is 3. The smallest absolute Gasteiger partial charge is 0.147 e. The van der Waals surface area contributed by atoms with Crippen LogP contribution in [0.1, 0.15) is 13.8 Å². The highest BCUT2D eigenvalue weighted by Gasteiger charge is 2.11. The van der Waals surface area contributed by atoms with Gasteiger partial charge in [-0.3, -0.25) is 0 Å². The fourth-order valence-corrected chi connectivity index (χ4v) is 2.84. The van der Waals surface area contributed by atoms with Crippen LogP contribution in [0, 0.1) is 0 Å². The normalized spacial score (nSPS) is 11.5. The second-order valence-electron chi connectivity index (χ2n) is 4.16. The molecule has 0 fully saturated rings. The van der Waals surface area contributed by atoms with E-state index in [4.69, 9.17) is 0 Å². The Kier molecular flexibility index (Phi) is 2.40. The van der Waals surface area contributed by atoms with Crippen molar-refractivity contribution in [1.29, 1.82) is 0 Å². The van der Waals surface area contributed by atoms with Crippen LogP contribution in [0.2, 0.25) is 0 Å². The van der Waals surface area contributed by atoms with Gasteiger partial charge in [-0.1, -0.05) is 0 Å². The van der Waals surface area contributed by atoms with Crippen LogP contribution in [0.4, 0.5) is 5.82 Å². The van der Waals surface area contributed by atoms with Gasteiger partial charge >= 0.3 is 0 Å². The number of rotatable bonds is 2. The number of thiophene rings is 1. The summed E-state index contributed by atoms with van der Waals surface area (Å²) in [6.45, 7) is 4.19. The molecule has 3 rings (SSSR count). The van der Waals surface area contributed by atoms with Gasteiger partial charge in [0.15, 0.2) is 0 Å². The Morgan fingerprint density at radius 1 is 1.24 bits per heavy atom. The molecule has 0 aliphatic rings. The van der Waals surface area contributed by atoms with Crippen molar-refractivity contribution < 1.29 is 0 Å². The Bertz CT molecular complexity index is 674. The van der Waals surface area contributed by atoms with Gasteiger partial charge in [0.1, 0.15) is 17.0 Å². The summed E-state index contributed by atoms with van der Waals surface area (Å²) < 4.78 is 1.08. The highest BCUT2D eigenvalue weighted by molar-refractivity contribution is 7.25. The number of hydrogen-bond donors (Lipinski definition) is 1. The maximum Gasteiger partial charge on any atom is 0.147 e. The Morgan fingerprint density at radius 2 is 2.12 bits per heavy atom. The third-order valence-corrected chi connectivity index (χ3v) is 3.56. The van der Waals surface area contributed by atoms with Crippen molar-refractivity contribution >= 4 is 37.6 Å². The fraction of sp³-hybridized carbons (Fsp3) is 0.250. The number of anilines is 1. The van der Waals surface area contributed by atoms with E-state index in [1.165, 1.54) is 0 Å². The summed E-state index contributed by atoms with van der Waals surface area (Å²) in [6.07, 6.45) is 3.41. The van der Waals surface area contributed by atoms with Gasteiger partial charge < -0.3 is 5.32 Å². The van der Waals surface area contributed by atoms with Crippen molar-refractivity contribution in [3.63, 3.8) is 0 Å². The molecule has 86 valence electrons. The first-order valence-corrected chi connectivity index (χ1v) is 6.32. The minimum Gasteiger partial charge on any atom is -0.367 e. The standard InChI is InChI=1S/C12H12N4S/c1-7(2)16-11-10-9(14-6-15-11)8-4-3-5-13-12(8)17-10/h3-7H,1-2H3,(H,14,15,16). The van der Waals surface area contributed by atoms with E-state index in [-0.39, 0.29) is 0 Å². The molecule has 3 aromatic heterocycles. The topological polar surface area (TPSA) is 50.7 Å². The summed E-state index contributed by atoms with van der Waals surface area (Å²) in [5, 5.41) is 4.44. The minimum atomic E-state index is 0.353.